The van der Waals surface area contributed by atoms with Gasteiger partial charge < -0.3 is 25.4 Å². The second-order valence-corrected chi connectivity index (χ2v) is 6.49. The van der Waals surface area contributed by atoms with E-state index in [1.807, 2.05) is 13.8 Å². The van der Waals surface area contributed by atoms with Crippen molar-refractivity contribution in [2.75, 3.05) is 39.2 Å². The maximum Gasteiger partial charge on any atom is 0.193 e. The number of benzene rings is 2. The van der Waals surface area contributed by atoms with Crippen LogP contribution in [-0.2, 0) is 0 Å². The van der Waals surface area contributed by atoms with Crippen LogP contribution in [0.1, 0.15) is 25.5 Å². The van der Waals surface area contributed by atoms with E-state index >= 15 is 0 Å². The molecule has 0 aliphatic rings. The number of hydrogen-bond acceptors (Lipinski definition) is 4. The Morgan fingerprint density at radius 3 is 2.30 bits per heavy atom. The first-order chi connectivity index (χ1) is 13.9. The summed E-state index contributed by atoms with van der Waals surface area (Å²) in [6.45, 7) is 4.84. The number of ether oxygens (including phenoxy) is 2. The molecule has 1 atom stereocenters. The van der Waals surface area contributed by atoms with Crippen molar-refractivity contribution in [3.8, 4) is 11.5 Å². The number of nitrogens with two attached hydrogens (primary N) is 1. The van der Waals surface area contributed by atoms with Crippen LogP contribution >= 0.6 is 24.0 Å². The van der Waals surface area contributed by atoms with Crippen molar-refractivity contribution in [2.45, 2.75) is 19.9 Å². The lowest BCUT2D eigenvalue weighted by Gasteiger charge is -2.24. The molecule has 0 heterocycles. The first kappa shape index (κ1) is 25.9. The van der Waals surface area contributed by atoms with Gasteiger partial charge in [-0.3, -0.25) is 4.99 Å². The Hall–Kier alpha value is -2.14. The normalized spacial score (nSPS) is 12.3. The van der Waals surface area contributed by atoms with Crippen molar-refractivity contribution in [1.82, 2.24) is 4.90 Å². The molecule has 2 aromatic rings. The van der Waals surface area contributed by atoms with Crippen LogP contribution < -0.4 is 20.5 Å². The van der Waals surface area contributed by atoms with E-state index in [9.17, 15) is 8.78 Å². The number of guanidine groups is 1. The molecule has 0 amide bonds. The van der Waals surface area contributed by atoms with Crippen molar-refractivity contribution < 1.29 is 18.3 Å². The first-order valence-corrected chi connectivity index (χ1v) is 9.44. The maximum atomic E-state index is 14.2. The zero-order valence-electron chi connectivity index (χ0n) is 17.6. The summed E-state index contributed by atoms with van der Waals surface area (Å²) in [4.78, 5) is 5.98. The van der Waals surface area contributed by atoms with Gasteiger partial charge in [-0.25, -0.2) is 8.78 Å². The van der Waals surface area contributed by atoms with Crippen LogP contribution in [0, 0.1) is 11.6 Å². The molecule has 6 nitrogen and oxygen atoms in total. The standard InChI is InChI=1S/C21H28F2N4O2.HI/c1-5-28-14-10-11-19(29-6-2)17(12-14)26-21(24)25-13-18(27(3)4)20-15(22)8-7-9-16(20)23;/h7-12,18H,5-6,13H2,1-4H3,(H3,24,25,26);1H. The molecule has 0 saturated carbocycles. The van der Waals surface area contributed by atoms with E-state index in [0.717, 1.165) is 0 Å². The molecule has 0 spiro atoms. The van der Waals surface area contributed by atoms with Gasteiger partial charge in [-0.15, -0.1) is 24.0 Å². The van der Waals surface area contributed by atoms with Gasteiger partial charge in [0.1, 0.15) is 23.1 Å². The van der Waals surface area contributed by atoms with Gasteiger partial charge in [-0.05, 0) is 52.2 Å². The van der Waals surface area contributed by atoms with Crippen LogP contribution in [0.2, 0.25) is 0 Å². The number of nitrogens with zero attached hydrogens (tertiary/aromatic N) is 2. The Bertz CT molecular complexity index is 830. The number of halogens is 3. The fourth-order valence-electron chi connectivity index (χ4n) is 2.85. The van der Waals surface area contributed by atoms with E-state index in [1.165, 1.54) is 18.2 Å². The van der Waals surface area contributed by atoms with Crippen molar-refractivity contribution in [3.05, 3.63) is 53.6 Å². The van der Waals surface area contributed by atoms with Gasteiger partial charge >= 0.3 is 0 Å². The van der Waals surface area contributed by atoms with Crippen molar-refractivity contribution >= 4 is 35.6 Å². The molecule has 2 rings (SSSR count). The zero-order chi connectivity index (χ0) is 21.4. The number of aliphatic imine (C=N–C) groups is 1. The van der Waals surface area contributed by atoms with E-state index in [1.54, 1.807) is 37.2 Å². The van der Waals surface area contributed by atoms with Gasteiger partial charge in [-0.2, -0.15) is 0 Å². The highest BCUT2D eigenvalue weighted by atomic mass is 127. The first-order valence-electron chi connectivity index (χ1n) is 9.44. The number of nitrogens with one attached hydrogen (secondary N) is 1. The van der Waals surface area contributed by atoms with Crippen molar-refractivity contribution in [1.29, 1.82) is 0 Å². The number of rotatable bonds is 9. The third-order valence-electron chi connectivity index (χ3n) is 4.22. The number of hydrogen-bond donors (Lipinski definition) is 2. The Kier molecular flexibility index (Phi) is 10.8. The minimum Gasteiger partial charge on any atom is -0.494 e. The lowest BCUT2D eigenvalue weighted by molar-refractivity contribution is 0.290. The highest BCUT2D eigenvalue weighted by molar-refractivity contribution is 14.0. The van der Waals surface area contributed by atoms with Gasteiger partial charge in [0.05, 0.1) is 31.5 Å². The molecule has 3 N–H and O–H groups in total. The van der Waals surface area contributed by atoms with Gasteiger partial charge in [0.2, 0.25) is 0 Å². The van der Waals surface area contributed by atoms with Gasteiger partial charge in [0.25, 0.3) is 0 Å². The average molecular weight is 534 g/mol. The zero-order valence-corrected chi connectivity index (χ0v) is 19.9. The summed E-state index contributed by atoms with van der Waals surface area (Å²) in [5, 5.41) is 2.99. The maximum absolute atomic E-state index is 14.2. The lowest BCUT2D eigenvalue weighted by Crippen LogP contribution is -2.28. The summed E-state index contributed by atoms with van der Waals surface area (Å²) in [5.41, 5.74) is 6.59. The number of anilines is 1. The molecule has 30 heavy (non-hydrogen) atoms. The quantitative estimate of drug-likeness (QED) is 0.284. The highest BCUT2D eigenvalue weighted by Gasteiger charge is 2.22. The van der Waals surface area contributed by atoms with E-state index < -0.39 is 17.7 Å². The fourth-order valence-corrected chi connectivity index (χ4v) is 2.85. The van der Waals surface area contributed by atoms with Crippen LogP contribution in [0.3, 0.4) is 0 Å². The van der Waals surface area contributed by atoms with Gasteiger partial charge in [0.15, 0.2) is 5.96 Å². The summed E-state index contributed by atoms with van der Waals surface area (Å²) in [7, 11) is 3.46. The molecule has 0 saturated heterocycles. The van der Waals surface area contributed by atoms with E-state index in [2.05, 4.69) is 10.3 Å². The monoisotopic (exact) mass is 534 g/mol. The summed E-state index contributed by atoms with van der Waals surface area (Å²) in [6, 6.07) is 8.52. The molecule has 0 bridgehead atoms. The number of likely N-dealkylation sites (N-methyl/N-ethyl adjacent to an activating group) is 1. The van der Waals surface area contributed by atoms with Crippen LogP contribution in [0.5, 0.6) is 11.5 Å². The Morgan fingerprint density at radius 2 is 1.73 bits per heavy atom. The van der Waals surface area contributed by atoms with Crippen LogP contribution in [0.25, 0.3) is 0 Å². The Morgan fingerprint density at radius 1 is 1.10 bits per heavy atom. The Balaban J connectivity index is 0.00000450. The summed E-state index contributed by atoms with van der Waals surface area (Å²) < 4.78 is 39.5. The average Bonchev–Trinajstić information content (AvgIpc) is 2.66. The van der Waals surface area contributed by atoms with Crippen molar-refractivity contribution in [2.24, 2.45) is 10.7 Å². The SMILES string of the molecule is CCOc1ccc(OCC)c(NC(N)=NCC(c2c(F)cccc2F)N(C)C)c1.I. The minimum atomic E-state index is -0.617. The lowest BCUT2D eigenvalue weighted by atomic mass is 10.0. The van der Waals surface area contributed by atoms with Crippen LogP contribution in [0.15, 0.2) is 41.4 Å². The van der Waals surface area contributed by atoms with Crippen molar-refractivity contribution in [3.63, 3.8) is 0 Å². The smallest absolute Gasteiger partial charge is 0.193 e. The molecule has 166 valence electrons. The topological polar surface area (TPSA) is 72.1 Å². The predicted octanol–water partition coefficient (Wildman–Crippen LogP) is 4.41. The molecular weight excluding hydrogens is 505 g/mol. The summed E-state index contributed by atoms with van der Waals surface area (Å²) in [6.07, 6.45) is 0. The van der Waals surface area contributed by atoms with Crippen LogP contribution in [0.4, 0.5) is 14.5 Å². The molecule has 2 aromatic carbocycles. The Labute approximate surface area is 193 Å². The second kappa shape index (κ2) is 12.5. The predicted molar refractivity (Wildman–Crippen MR) is 127 cm³/mol. The van der Waals surface area contributed by atoms with E-state index in [-0.39, 0.29) is 42.0 Å². The molecule has 0 aliphatic carbocycles. The van der Waals surface area contributed by atoms with Gasteiger partial charge in [0, 0.05) is 11.6 Å². The van der Waals surface area contributed by atoms with Gasteiger partial charge in [-0.1, -0.05) is 6.07 Å². The molecular formula is C21H29F2IN4O2. The van der Waals surface area contributed by atoms with E-state index in [0.29, 0.717) is 30.4 Å². The molecule has 0 radical (unpaired) electrons. The highest BCUT2D eigenvalue weighted by Crippen LogP contribution is 2.29. The molecule has 0 aliphatic heterocycles. The fraction of sp³-hybridized carbons (Fsp3) is 0.381. The molecule has 1 unspecified atom stereocenters. The third-order valence-corrected chi connectivity index (χ3v) is 4.22. The van der Waals surface area contributed by atoms with Crippen LogP contribution in [-0.4, -0.2) is 44.7 Å². The molecule has 0 aromatic heterocycles. The molecule has 0 fully saturated rings. The second-order valence-electron chi connectivity index (χ2n) is 6.49. The molecule has 9 heteroatoms. The summed E-state index contributed by atoms with van der Waals surface area (Å²) in [5.74, 6) is 0.120. The summed E-state index contributed by atoms with van der Waals surface area (Å²) >= 11 is 0. The van der Waals surface area contributed by atoms with E-state index in [4.69, 9.17) is 15.2 Å². The largest absolute Gasteiger partial charge is 0.494 e. The third kappa shape index (κ3) is 6.98. The minimum absolute atomic E-state index is 0.